The van der Waals surface area contributed by atoms with Crippen molar-refractivity contribution in [1.82, 2.24) is 0 Å². The molecule has 0 spiro atoms. The van der Waals surface area contributed by atoms with E-state index in [0.717, 1.165) is 25.9 Å². The van der Waals surface area contributed by atoms with E-state index in [0.29, 0.717) is 0 Å². The summed E-state index contributed by atoms with van der Waals surface area (Å²) in [7, 11) is 0. The Labute approximate surface area is 99.3 Å². The molecule has 0 saturated heterocycles. The maximum Gasteiger partial charge on any atom is 0.0455 e. The Morgan fingerprint density at radius 3 is 2.44 bits per heavy atom. The molecule has 2 heteroatoms. The van der Waals surface area contributed by atoms with E-state index in [1.54, 1.807) is 11.8 Å². The molecule has 0 amide bonds. The van der Waals surface area contributed by atoms with Crippen LogP contribution in [0, 0.1) is 0 Å². The number of rotatable bonds is 2. The Hall–Kier alpha value is -1.67. The fraction of sp³-hybridized carbons (Fsp3) is 0. The van der Waals surface area contributed by atoms with Gasteiger partial charge in [-0.1, -0.05) is 49.2 Å². The topological polar surface area (TPSA) is 26.0 Å². The summed E-state index contributed by atoms with van der Waals surface area (Å²) >= 11 is 1.63. The molecular weight excluding hydrogens is 214 g/mol. The van der Waals surface area contributed by atoms with Gasteiger partial charge in [0.05, 0.1) is 0 Å². The van der Waals surface area contributed by atoms with Crippen molar-refractivity contribution in [2.75, 3.05) is 5.73 Å². The van der Waals surface area contributed by atoms with Crippen LogP contribution in [0.1, 0.15) is 0 Å². The first-order valence-electron chi connectivity index (χ1n) is 4.97. The van der Waals surface area contributed by atoms with E-state index >= 15 is 0 Å². The van der Waals surface area contributed by atoms with Crippen molar-refractivity contribution in [3.63, 3.8) is 0 Å². The summed E-state index contributed by atoms with van der Waals surface area (Å²) in [5.41, 5.74) is 6.69. The summed E-state index contributed by atoms with van der Waals surface area (Å²) in [5, 5.41) is 1.99. The van der Waals surface area contributed by atoms with Gasteiger partial charge in [0.2, 0.25) is 0 Å². The molecule has 2 aromatic rings. The number of nitrogen functional groups attached to an aromatic ring is 1. The summed E-state index contributed by atoms with van der Waals surface area (Å²) in [5.74, 6) is 0. The molecule has 80 valence electrons. The smallest absolute Gasteiger partial charge is 0.0455 e. The third kappa shape index (κ3) is 2.28. The van der Waals surface area contributed by atoms with Gasteiger partial charge in [-0.2, -0.15) is 0 Å². The van der Waals surface area contributed by atoms with Crippen LogP contribution in [-0.2, 0) is 0 Å². The fourth-order valence-corrected chi connectivity index (χ4v) is 2.36. The van der Waals surface area contributed by atoms with E-state index in [1.165, 1.54) is 0 Å². The Balaban J connectivity index is 2.42. The highest BCUT2D eigenvalue weighted by Gasteiger charge is 2.01. The maximum atomic E-state index is 5.90. The molecule has 2 rings (SSSR count). The van der Waals surface area contributed by atoms with Crippen LogP contribution in [-0.4, -0.2) is 0 Å². The summed E-state index contributed by atoms with van der Waals surface area (Å²) in [6.07, 6.45) is 0. The molecule has 1 nitrogen and oxygen atoms in total. The minimum absolute atomic E-state index is 0.793. The maximum absolute atomic E-state index is 5.90. The second-order valence-electron chi connectivity index (χ2n) is 3.58. The number of hydrogen-bond donors (Lipinski definition) is 1. The summed E-state index contributed by atoms with van der Waals surface area (Å²) in [6, 6.07) is 13.8. The zero-order valence-electron chi connectivity index (χ0n) is 8.94. The quantitative estimate of drug-likeness (QED) is 0.796. The van der Waals surface area contributed by atoms with Crippen LogP contribution in [0.5, 0.6) is 0 Å². The van der Waals surface area contributed by atoms with Crippen LogP contribution in [0.25, 0.3) is 13.2 Å². The number of benzene rings is 2. The highest BCUT2D eigenvalue weighted by molar-refractivity contribution is 7.99. The van der Waals surface area contributed by atoms with Gasteiger partial charge in [0.25, 0.3) is 0 Å². The van der Waals surface area contributed by atoms with Crippen LogP contribution >= 0.6 is 11.8 Å². The predicted octanol–water partition coefficient (Wildman–Crippen LogP) is 2.24. The fourth-order valence-electron chi connectivity index (χ4n) is 1.39. The van der Waals surface area contributed by atoms with Gasteiger partial charge in [-0.05, 0) is 28.6 Å². The Kier molecular flexibility index (Phi) is 3.02. The first kappa shape index (κ1) is 10.8. The molecule has 0 radical (unpaired) electrons. The van der Waals surface area contributed by atoms with Crippen molar-refractivity contribution in [3.05, 3.63) is 52.9 Å². The molecule has 0 saturated carbocycles. The molecule has 0 aliphatic carbocycles. The minimum Gasteiger partial charge on any atom is -0.398 e. The van der Waals surface area contributed by atoms with Gasteiger partial charge in [-0.25, -0.2) is 0 Å². The Bertz CT molecular complexity index is 604. The molecule has 16 heavy (non-hydrogen) atoms. The number of hydrogen-bond acceptors (Lipinski definition) is 2. The first-order chi connectivity index (χ1) is 7.66. The second kappa shape index (κ2) is 4.45. The lowest BCUT2D eigenvalue weighted by atomic mass is 10.3. The highest BCUT2D eigenvalue weighted by Crippen LogP contribution is 2.28. The largest absolute Gasteiger partial charge is 0.398 e. The molecule has 0 fully saturated rings. The summed E-state index contributed by atoms with van der Waals surface area (Å²) in [6.45, 7) is 7.91. The van der Waals surface area contributed by atoms with Gasteiger partial charge >= 0.3 is 0 Å². The normalized spacial score (nSPS) is 10.2. The zero-order valence-corrected chi connectivity index (χ0v) is 9.76. The molecule has 2 aromatic carbocycles. The van der Waals surface area contributed by atoms with Crippen LogP contribution in [0.15, 0.2) is 52.3 Å². The highest BCUT2D eigenvalue weighted by atomic mass is 32.2. The SMILES string of the molecule is C=c1ccc(=C)c(Sc2ccccc2N)c1. The average Bonchev–Trinajstić information content (AvgIpc) is 2.27. The van der Waals surface area contributed by atoms with Gasteiger partial charge in [-0.3, -0.25) is 0 Å². The van der Waals surface area contributed by atoms with Gasteiger partial charge < -0.3 is 5.73 Å². The van der Waals surface area contributed by atoms with Crippen LogP contribution < -0.4 is 16.2 Å². The van der Waals surface area contributed by atoms with E-state index in [2.05, 4.69) is 13.2 Å². The number of nitrogens with two attached hydrogens (primary N) is 1. The average molecular weight is 227 g/mol. The lowest BCUT2D eigenvalue weighted by molar-refractivity contribution is 1.34. The summed E-state index contributed by atoms with van der Waals surface area (Å²) in [4.78, 5) is 2.16. The zero-order chi connectivity index (χ0) is 11.5. The molecule has 0 bridgehead atoms. The van der Waals surface area contributed by atoms with Crippen molar-refractivity contribution in [3.8, 4) is 0 Å². The molecule has 0 aliphatic heterocycles. The van der Waals surface area contributed by atoms with Crippen LogP contribution in [0.2, 0.25) is 0 Å². The van der Waals surface area contributed by atoms with Gasteiger partial charge in [0, 0.05) is 15.5 Å². The third-order valence-electron chi connectivity index (χ3n) is 2.27. The van der Waals surface area contributed by atoms with Crippen molar-refractivity contribution in [2.24, 2.45) is 0 Å². The van der Waals surface area contributed by atoms with E-state index in [4.69, 9.17) is 5.73 Å². The van der Waals surface area contributed by atoms with E-state index in [-0.39, 0.29) is 0 Å². The molecular formula is C14H13NS. The van der Waals surface area contributed by atoms with Crippen LogP contribution in [0.4, 0.5) is 5.69 Å². The Morgan fingerprint density at radius 1 is 0.938 bits per heavy atom. The molecule has 0 aromatic heterocycles. The summed E-state index contributed by atoms with van der Waals surface area (Å²) < 4.78 is 0. The second-order valence-corrected chi connectivity index (χ2v) is 4.67. The minimum atomic E-state index is 0.793. The van der Waals surface area contributed by atoms with E-state index < -0.39 is 0 Å². The van der Waals surface area contributed by atoms with Crippen molar-refractivity contribution in [1.29, 1.82) is 0 Å². The van der Waals surface area contributed by atoms with E-state index in [9.17, 15) is 0 Å². The molecule has 0 aliphatic rings. The third-order valence-corrected chi connectivity index (χ3v) is 3.46. The predicted molar refractivity (Wildman–Crippen MR) is 71.7 cm³/mol. The first-order valence-corrected chi connectivity index (χ1v) is 5.79. The molecule has 2 N–H and O–H groups in total. The lowest BCUT2D eigenvalue weighted by Crippen LogP contribution is -2.08. The monoisotopic (exact) mass is 227 g/mol. The standard InChI is InChI=1S/C14H13NS/c1-10-7-8-11(2)14(9-10)16-13-6-4-3-5-12(13)15/h3-9H,1-2,15H2. The van der Waals surface area contributed by atoms with Crippen molar-refractivity contribution >= 4 is 30.6 Å². The molecule has 0 heterocycles. The van der Waals surface area contributed by atoms with Crippen LogP contribution in [0.3, 0.4) is 0 Å². The van der Waals surface area contributed by atoms with Gasteiger partial charge in [-0.15, -0.1) is 0 Å². The van der Waals surface area contributed by atoms with E-state index in [1.807, 2.05) is 42.5 Å². The van der Waals surface area contributed by atoms with Gasteiger partial charge in [0.1, 0.15) is 0 Å². The molecule has 0 atom stereocenters. The van der Waals surface area contributed by atoms with Gasteiger partial charge in [0.15, 0.2) is 0 Å². The number of para-hydroxylation sites is 1. The van der Waals surface area contributed by atoms with Crippen molar-refractivity contribution in [2.45, 2.75) is 9.79 Å². The molecule has 0 unspecified atom stereocenters. The lowest BCUT2D eigenvalue weighted by Gasteiger charge is -2.05. The Morgan fingerprint density at radius 2 is 1.69 bits per heavy atom. The van der Waals surface area contributed by atoms with Crippen molar-refractivity contribution < 1.29 is 0 Å². The number of anilines is 1.